The van der Waals surface area contributed by atoms with Crippen LogP contribution in [0, 0.1) is 5.41 Å². The summed E-state index contributed by atoms with van der Waals surface area (Å²) in [5, 5.41) is 9.06. The molecule has 162 valence electrons. The molecule has 2 N–H and O–H groups in total. The molecule has 0 bridgehead atoms. The number of pyridine rings is 2. The maximum atomic E-state index is 12.1. The number of anilines is 1. The van der Waals surface area contributed by atoms with Gasteiger partial charge in [0.25, 0.3) is 0 Å². The van der Waals surface area contributed by atoms with Gasteiger partial charge in [0.1, 0.15) is 17.3 Å². The molecule has 9 nitrogen and oxygen atoms in total. The number of amides is 3. The van der Waals surface area contributed by atoms with E-state index in [1.54, 1.807) is 56.0 Å². The van der Waals surface area contributed by atoms with Crippen LogP contribution in [0.1, 0.15) is 33.4 Å². The van der Waals surface area contributed by atoms with E-state index in [2.05, 4.69) is 25.7 Å². The summed E-state index contributed by atoms with van der Waals surface area (Å²) in [6, 6.07) is 6.32. The quantitative estimate of drug-likeness (QED) is 0.645. The highest BCUT2D eigenvalue weighted by molar-refractivity contribution is 6.02. The monoisotopic (exact) mass is 422 g/mol. The Morgan fingerprint density at radius 1 is 1.19 bits per heavy atom. The fourth-order valence-corrected chi connectivity index (χ4v) is 2.66. The van der Waals surface area contributed by atoms with Crippen LogP contribution in [-0.2, 0) is 18.3 Å². The first-order valence-electron chi connectivity index (χ1n) is 9.91. The largest absolute Gasteiger partial charge is 0.455 e. The lowest BCUT2D eigenvalue weighted by atomic mass is 9.96. The van der Waals surface area contributed by atoms with Crippen LogP contribution in [0.25, 0.3) is 11.3 Å². The molecule has 0 fully saturated rings. The number of carbonyl (C=O) groups is 2. The highest BCUT2D eigenvalue weighted by Gasteiger charge is 2.23. The van der Waals surface area contributed by atoms with Gasteiger partial charge in [-0.3, -0.25) is 25.1 Å². The lowest BCUT2D eigenvalue weighted by Crippen LogP contribution is -2.41. The van der Waals surface area contributed by atoms with E-state index in [4.69, 9.17) is 4.74 Å². The SMILES string of the molecule is CCc1nc(NC(=O)NC(=O)C(C)(C)C)ccc1Oc1ccnc(-c2cnn(C)c2)c1. The van der Waals surface area contributed by atoms with Crippen molar-refractivity contribution in [2.45, 2.75) is 34.1 Å². The van der Waals surface area contributed by atoms with E-state index in [9.17, 15) is 9.59 Å². The molecule has 0 saturated carbocycles. The smallest absolute Gasteiger partial charge is 0.327 e. The molecule has 0 aliphatic carbocycles. The van der Waals surface area contributed by atoms with Crippen molar-refractivity contribution in [2.24, 2.45) is 12.5 Å². The lowest BCUT2D eigenvalue weighted by molar-refractivity contribution is -0.127. The van der Waals surface area contributed by atoms with Crippen molar-refractivity contribution in [1.82, 2.24) is 25.1 Å². The van der Waals surface area contributed by atoms with Crippen LogP contribution in [0.4, 0.5) is 10.6 Å². The Morgan fingerprint density at radius 2 is 1.97 bits per heavy atom. The number of imide groups is 1. The molecule has 0 aliphatic rings. The zero-order valence-corrected chi connectivity index (χ0v) is 18.3. The van der Waals surface area contributed by atoms with E-state index < -0.39 is 11.4 Å². The molecule has 0 aliphatic heterocycles. The first-order valence-corrected chi connectivity index (χ1v) is 9.91. The molecular weight excluding hydrogens is 396 g/mol. The second kappa shape index (κ2) is 8.95. The van der Waals surface area contributed by atoms with Gasteiger partial charge in [-0.25, -0.2) is 9.78 Å². The summed E-state index contributed by atoms with van der Waals surface area (Å²) in [5.74, 6) is 1.14. The molecule has 0 unspecified atom stereocenters. The van der Waals surface area contributed by atoms with Crippen molar-refractivity contribution < 1.29 is 14.3 Å². The summed E-state index contributed by atoms with van der Waals surface area (Å²) < 4.78 is 7.74. The van der Waals surface area contributed by atoms with Gasteiger partial charge < -0.3 is 4.74 Å². The van der Waals surface area contributed by atoms with Gasteiger partial charge in [-0.2, -0.15) is 5.10 Å². The molecule has 3 heterocycles. The summed E-state index contributed by atoms with van der Waals surface area (Å²) in [6.45, 7) is 7.13. The average Bonchev–Trinajstić information content (AvgIpc) is 3.15. The van der Waals surface area contributed by atoms with Crippen molar-refractivity contribution in [3.05, 3.63) is 48.5 Å². The third-order valence-corrected chi connectivity index (χ3v) is 4.38. The van der Waals surface area contributed by atoms with Crippen molar-refractivity contribution in [1.29, 1.82) is 0 Å². The normalized spacial score (nSPS) is 11.1. The Balaban J connectivity index is 1.73. The molecule has 3 rings (SSSR count). The number of carbonyl (C=O) groups excluding carboxylic acids is 2. The maximum absolute atomic E-state index is 12.1. The minimum Gasteiger partial charge on any atom is -0.455 e. The molecule has 0 radical (unpaired) electrons. The van der Waals surface area contributed by atoms with Crippen LogP contribution >= 0.6 is 0 Å². The molecule has 0 saturated heterocycles. The number of urea groups is 1. The number of nitrogens with zero attached hydrogens (tertiary/aromatic N) is 4. The fourth-order valence-electron chi connectivity index (χ4n) is 2.66. The van der Waals surface area contributed by atoms with Crippen LogP contribution in [0.3, 0.4) is 0 Å². The minimum absolute atomic E-state index is 0.328. The van der Waals surface area contributed by atoms with E-state index in [1.807, 2.05) is 26.2 Å². The Kier molecular flexibility index (Phi) is 6.33. The number of aryl methyl sites for hydroxylation is 2. The first kappa shape index (κ1) is 21.9. The maximum Gasteiger partial charge on any atom is 0.327 e. The number of rotatable bonds is 5. The van der Waals surface area contributed by atoms with Crippen molar-refractivity contribution >= 4 is 17.8 Å². The Morgan fingerprint density at radius 3 is 2.61 bits per heavy atom. The lowest BCUT2D eigenvalue weighted by Gasteiger charge is -2.17. The summed E-state index contributed by atoms with van der Waals surface area (Å²) in [6.07, 6.45) is 5.87. The number of aromatic nitrogens is 4. The van der Waals surface area contributed by atoms with Crippen molar-refractivity contribution in [2.75, 3.05) is 5.32 Å². The third kappa shape index (κ3) is 5.65. The highest BCUT2D eigenvalue weighted by atomic mass is 16.5. The van der Waals surface area contributed by atoms with Crippen LogP contribution in [0.2, 0.25) is 0 Å². The van der Waals surface area contributed by atoms with Gasteiger partial charge in [-0.1, -0.05) is 27.7 Å². The van der Waals surface area contributed by atoms with Gasteiger partial charge in [-0.15, -0.1) is 0 Å². The summed E-state index contributed by atoms with van der Waals surface area (Å²) >= 11 is 0. The van der Waals surface area contributed by atoms with E-state index in [0.717, 1.165) is 11.3 Å². The van der Waals surface area contributed by atoms with Gasteiger partial charge >= 0.3 is 6.03 Å². The van der Waals surface area contributed by atoms with Gasteiger partial charge in [-0.05, 0) is 24.6 Å². The number of nitrogens with one attached hydrogen (secondary N) is 2. The molecule has 0 atom stereocenters. The zero-order chi connectivity index (χ0) is 22.6. The molecule has 9 heteroatoms. The predicted molar refractivity (Wildman–Crippen MR) is 117 cm³/mol. The Bertz CT molecular complexity index is 1100. The second-order valence-corrected chi connectivity index (χ2v) is 8.03. The number of hydrogen-bond acceptors (Lipinski definition) is 6. The third-order valence-electron chi connectivity index (χ3n) is 4.38. The Hall–Kier alpha value is -3.75. The molecule has 3 aromatic rings. The minimum atomic E-state index is -0.670. The topological polar surface area (TPSA) is 111 Å². The first-order chi connectivity index (χ1) is 14.7. The van der Waals surface area contributed by atoms with E-state index in [1.165, 1.54) is 0 Å². The summed E-state index contributed by atoms with van der Waals surface area (Å²) in [7, 11) is 1.85. The van der Waals surface area contributed by atoms with Crippen molar-refractivity contribution in [3.63, 3.8) is 0 Å². The van der Waals surface area contributed by atoms with Gasteiger partial charge in [0.15, 0.2) is 0 Å². The van der Waals surface area contributed by atoms with Crippen molar-refractivity contribution in [3.8, 4) is 22.8 Å². The van der Waals surface area contributed by atoms with Crippen LogP contribution in [0.15, 0.2) is 42.9 Å². The number of ether oxygens (including phenoxy) is 1. The number of hydrogen-bond donors (Lipinski definition) is 2. The average molecular weight is 422 g/mol. The highest BCUT2D eigenvalue weighted by Crippen LogP contribution is 2.28. The van der Waals surface area contributed by atoms with Crippen LogP contribution in [0.5, 0.6) is 11.5 Å². The van der Waals surface area contributed by atoms with Gasteiger partial charge in [0, 0.05) is 36.5 Å². The predicted octanol–water partition coefficient (Wildman–Crippen LogP) is 3.93. The van der Waals surface area contributed by atoms with E-state index in [-0.39, 0.29) is 5.91 Å². The standard InChI is InChI=1S/C22H26N6O3/c1-6-16-18(7-8-19(25-16)26-21(30)27-20(29)22(2,3)4)31-15-9-10-23-17(11-15)14-12-24-28(5)13-14/h7-13H,6H2,1-5H3,(H2,25,26,27,29,30). The molecule has 31 heavy (non-hydrogen) atoms. The molecule has 0 aromatic carbocycles. The van der Waals surface area contributed by atoms with E-state index >= 15 is 0 Å². The van der Waals surface area contributed by atoms with Crippen LogP contribution < -0.4 is 15.4 Å². The second-order valence-electron chi connectivity index (χ2n) is 8.03. The summed E-state index contributed by atoms with van der Waals surface area (Å²) in [4.78, 5) is 32.9. The fraction of sp³-hybridized carbons (Fsp3) is 0.318. The van der Waals surface area contributed by atoms with E-state index in [0.29, 0.717) is 29.4 Å². The zero-order valence-electron chi connectivity index (χ0n) is 18.3. The van der Waals surface area contributed by atoms with Gasteiger partial charge in [0.2, 0.25) is 5.91 Å². The molecule has 3 aromatic heterocycles. The molecule has 3 amide bonds. The van der Waals surface area contributed by atoms with Crippen LogP contribution in [-0.4, -0.2) is 31.7 Å². The Labute approximate surface area is 180 Å². The summed E-state index contributed by atoms with van der Waals surface area (Å²) in [5.41, 5.74) is 1.63. The molecule has 0 spiro atoms. The molecular formula is C22H26N6O3. The van der Waals surface area contributed by atoms with Gasteiger partial charge in [0.05, 0.1) is 17.6 Å².